The van der Waals surface area contributed by atoms with Crippen LogP contribution in [0.25, 0.3) is 0 Å². The van der Waals surface area contributed by atoms with Gasteiger partial charge in [0.1, 0.15) is 0 Å². The van der Waals surface area contributed by atoms with Gasteiger partial charge in [0.15, 0.2) is 5.54 Å². The van der Waals surface area contributed by atoms with Gasteiger partial charge in [0.05, 0.1) is 31.3 Å². The number of likely N-dealkylation sites (N-methyl/N-ethyl adjacent to an activating group) is 1. The van der Waals surface area contributed by atoms with Crippen molar-refractivity contribution in [3.05, 3.63) is 28.8 Å². The third-order valence-corrected chi connectivity index (χ3v) is 6.48. The van der Waals surface area contributed by atoms with E-state index < -0.39 is 0 Å². The molecule has 1 aromatic rings. The van der Waals surface area contributed by atoms with E-state index in [1.54, 1.807) is 0 Å². The molecule has 1 aromatic carbocycles. The van der Waals surface area contributed by atoms with Gasteiger partial charge in [-0.15, -0.1) is 0 Å². The topological polar surface area (TPSA) is 52.9 Å². The number of rotatable bonds is 4. The van der Waals surface area contributed by atoms with Crippen LogP contribution in [0.15, 0.2) is 12.1 Å². The number of hydrogen-bond donors (Lipinski definition) is 1. The van der Waals surface area contributed by atoms with Crippen molar-refractivity contribution < 1.29 is 42.0 Å². The number of likely N-dealkylation sites (tertiary alicyclic amines) is 1. The Morgan fingerprint density at radius 1 is 1.15 bits per heavy atom. The van der Waals surface area contributed by atoms with E-state index >= 15 is 0 Å². The van der Waals surface area contributed by atoms with E-state index in [-0.39, 0.29) is 44.2 Å². The number of anilines is 1. The van der Waals surface area contributed by atoms with E-state index in [0.29, 0.717) is 5.56 Å². The number of amides is 1. The minimum Gasteiger partial charge on any atom is -0.320 e. The van der Waals surface area contributed by atoms with Gasteiger partial charge in [0, 0.05) is 51.2 Å². The van der Waals surface area contributed by atoms with Crippen molar-refractivity contribution in [2.45, 2.75) is 64.8 Å². The first-order valence-corrected chi connectivity index (χ1v) is 9.67. The van der Waals surface area contributed by atoms with Crippen LogP contribution in [-0.4, -0.2) is 35.6 Å². The Kier molecular flexibility index (Phi) is 7.05. The number of nitrogens with one attached hydrogen (secondary N) is 1. The van der Waals surface area contributed by atoms with Gasteiger partial charge < -0.3 is 9.80 Å². The molecule has 137 valence electrons. The number of aryl methyl sites for hydroxylation is 2. The molecule has 1 amide bonds. The number of benzene rings is 1. The molecule has 1 saturated heterocycles. The molecule has 1 N–H and O–H groups in total. The van der Waals surface area contributed by atoms with Crippen LogP contribution in [0.5, 0.6) is 0 Å². The van der Waals surface area contributed by atoms with Crippen LogP contribution in [0, 0.1) is 25.2 Å². The number of nitrogens with zero attached hydrogens (tertiary/aromatic N) is 2. The van der Waals surface area contributed by atoms with Crippen molar-refractivity contribution in [1.29, 1.82) is 5.26 Å². The molecule has 1 aliphatic carbocycles. The van der Waals surface area contributed by atoms with Crippen LogP contribution in [0.3, 0.4) is 0 Å². The summed E-state index contributed by atoms with van der Waals surface area (Å²) in [6.07, 6.45) is 7.06. The van der Waals surface area contributed by atoms with Crippen molar-refractivity contribution >= 4 is 11.6 Å². The molecule has 4 nitrogen and oxygen atoms in total. The molecule has 0 atom stereocenters. The van der Waals surface area contributed by atoms with Crippen molar-refractivity contribution in [1.82, 2.24) is 0 Å². The van der Waals surface area contributed by atoms with Gasteiger partial charge in [-0.25, -0.2) is 0 Å². The van der Waals surface area contributed by atoms with Gasteiger partial charge in [-0.2, -0.15) is 5.26 Å². The predicted molar refractivity (Wildman–Crippen MR) is 100 cm³/mol. The molecule has 26 heavy (non-hydrogen) atoms. The fraction of sp³-hybridized carbons (Fsp3) is 0.619. The first-order valence-electron chi connectivity index (χ1n) is 9.67. The molecule has 5 heteroatoms. The summed E-state index contributed by atoms with van der Waals surface area (Å²) in [5, 5.41) is 12.4. The molecule has 1 radical (unpaired) electrons. The molecule has 0 unspecified atom stereocenters. The van der Waals surface area contributed by atoms with E-state index in [0.717, 1.165) is 53.8 Å². The summed E-state index contributed by atoms with van der Waals surface area (Å²) in [5.41, 5.74) is 3.25. The van der Waals surface area contributed by atoms with Gasteiger partial charge in [-0.1, -0.05) is 0 Å². The summed E-state index contributed by atoms with van der Waals surface area (Å²) >= 11 is 0. The zero-order valence-corrected chi connectivity index (χ0v) is 19.2. The molecule has 0 bridgehead atoms. The van der Waals surface area contributed by atoms with Crippen LogP contribution in [0.2, 0.25) is 0 Å². The summed E-state index contributed by atoms with van der Waals surface area (Å²) < 4.78 is 0.965. The maximum Gasteiger partial charge on any atom is 0.285 e. The van der Waals surface area contributed by atoms with E-state index in [1.165, 1.54) is 25.7 Å². The second-order valence-corrected chi connectivity index (χ2v) is 7.91. The molecule has 0 spiro atoms. The average molecular weight is 429 g/mol. The van der Waals surface area contributed by atoms with E-state index in [2.05, 4.69) is 18.3 Å². The van der Waals surface area contributed by atoms with E-state index in [1.807, 2.05) is 26.0 Å². The smallest absolute Gasteiger partial charge is 0.285 e. The van der Waals surface area contributed by atoms with Gasteiger partial charge in [0.25, 0.3) is 5.91 Å². The molecule has 1 saturated carbocycles. The van der Waals surface area contributed by atoms with Crippen molar-refractivity contribution in [3.63, 3.8) is 0 Å². The van der Waals surface area contributed by atoms with Gasteiger partial charge >= 0.3 is 0 Å². The summed E-state index contributed by atoms with van der Waals surface area (Å²) in [6.45, 7) is 9.50. The predicted octanol–water partition coefficient (Wildman–Crippen LogP) is 4.05. The van der Waals surface area contributed by atoms with Crippen LogP contribution >= 0.6 is 0 Å². The number of nitriles is 1. The Morgan fingerprint density at radius 2 is 1.69 bits per heavy atom. The van der Waals surface area contributed by atoms with Crippen molar-refractivity contribution in [2.24, 2.45) is 0 Å². The monoisotopic (exact) mass is 429 g/mol. The molecular formula is C21H30N3OY+. The van der Waals surface area contributed by atoms with E-state index in [4.69, 9.17) is 5.26 Å². The number of hydrogen-bond acceptors (Lipinski definition) is 2. The number of carbonyl (C=O) groups is 1. The second-order valence-electron chi connectivity index (χ2n) is 7.91. The number of quaternary nitrogens is 1. The normalized spacial score (nSPS) is 20.2. The molecule has 3 rings (SSSR count). The summed E-state index contributed by atoms with van der Waals surface area (Å²) in [7, 11) is 0. The standard InChI is InChI=1S/C21H29N3O.Y/c1-4-24(11-7-5-6-8-12-24)21(9-10-21)20(25)23-19-16(2)13-18(15-22)14-17(19)3;/h13-14H,4-12H2,1-3H3;/p+1. The molecule has 2 fully saturated rings. The van der Waals surface area contributed by atoms with Crippen LogP contribution in [0.1, 0.15) is 62.1 Å². The Hall–Kier alpha value is -0.756. The zero-order valence-electron chi connectivity index (χ0n) is 16.4. The second kappa shape index (κ2) is 8.51. The fourth-order valence-corrected chi connectivity index (χ4v) is 4.83. The third kappa shape index (κ3) is 3.77. The maximum absolute atomic E-state index is 13.3. The van der Waals surface area contributed by atoms with Gasteiger partial charge in [-0.05, 0) is 69.7 Å². The summed E-state index contributed by atoms with van der Waals surface area (Å²) in [5.74, 6) is 0.187. The van der Waals surface area contributed by atoms with Crippen LogP contribution in [0.4, 0.5) is 5.69 Å². The van der Waals surface area contributed by atoms with Crippen LogP contribution < -0.4 is 5.32 Å². The maximum atomic E-state index is 13.3. The molecule has 2 aliphatic rings. The van der Waals surface area contributed by atoms with Crippen molar-refractivity contribution in [2.75, 3.05) is 25.0 Å². The van der Waals surface area contributed by atoms with Gasteiger partial charge in [-0.3, -0.25) is 4.79 Å². The third-order valence-electron chi connectivity index (χ3n) is 6.48. The minimum absolute atomic E-state index is 0. The molecular weight excluding hydrogens is 399 g/mol. The Bertz CT molecular complexity index is 687. The fourth-order valence-electron chi connectivity index (χ4n) is 4.83. The molecule has 1 aliphatic heterocycles. The van der Waals surface area contributed by atoms with E-state index in [9.17, 15) is 4.79 Å². The average Bonchev–Trinajstić information content (AvgIpc) is 3.42. The summed E-state index contributed by atoms with van der Waals surface area (Å²) in [6, 6.07) is 5.91. The SMILES string of the molecule is CC[N+]1(C2(C(=O)Nc3c(C)cc(C#N)cc3C)CC2)CCCCCC1.[Y]. The quantitative estimate of drug-likeness (QED) is 0.735. The largest absolute Gasteiger partial charge is 0.320 e. The van der Waals surface area contributed by atoms with Gasteiger partial charge in [0.2, 0.25) is 0 Å². The molecule has 1 heterocycles. The Balaban J connectivity index is 0.00000243. The Morgan fingerprint density at radius 3 is 2.12 bits per heavy atom. The van der Waals surface area contributed by atoms with Crippen molar-refractivity contribution in [3.8, 4) is 6.07 Å². The minimum atomic E-state index is -0.230. The first-order chi connectivity index (χ1) is 12.0. The zero-order chi connectivity index (χ0) is 18.1. The van der Waals surface area contributed by atoms with Crippen LogP contribution in [-0.2, 0) is 37.5 Å². The Labute approximate surface area is 182 Å². The number of carbonyl (C=O) groups excluding carboxylic acids is 1. The molecule has 0 aromatic heterocycles. The summed E-state index contributed by atoms with van der Waals surface area (Å²) in [4.78, 5) is 13.3. The first kappa shape index (κ1) is 21.5.